The summed E-state index contributed by atoms with van der Waals surface area (Å²) in [5, 5.41) is 9.07. The third-order valence-electron chi connectivity index (χ3n) is 5.69. The first-order chi connectivity index (χ1) is 16.1. The molecular weight excluding hydrogens is 432 g/mol. The average molecular weight is 465 g/mol. The van der Waals surface area contributed by atoms with Gasteiger partial charge in [0.25, 0.3) is 0 Å². The number of fused-ring (bicyclic) bond motifs is 2. The number of ether oxygens (including phenoxy) is 1. The van der Waals surface area contributed by atoms with E-state index in [0.717, 1.165) is 34.4 Å². The lowest BCUT2D eigenvalue weighted by Gasteiger charge is -2.25. The van der Waals surface area contributed by atoms with Crippen molar-refractivity contribution in [1.29, 1.82) is 0 Å². The fraction of sp³-hybridized carbons (Fsp3) is 0.440. The van der Waals surface area contributed by atoms with Crippen molar-refractivity contribution in [2.45, 2.75) is 32.9 Å². The molecule has 1 aliphatic rings. The van der Waals surface area contributed by atoms with Crippen molar-refractivity contribution in [3.8, 4) is 11.3 Å². The van der Waals surface area contributed by atoms with Crippen LogP contribution in [0.25, 0.3) is 22.2 Å². The van der Waals surface area contributed by atoms with Crippen LogP contribution in [-0.4, -0.2) is 82.8 Å². The number of pyridine rings is 1. The highest BCUT2D eigenvalue weighted by atomic mass is 16.6. The van der Waals surface area contributed by atoms with Gasteiger partial charge in [0, 0.05) is 61.3 Å². The summed E-state index contributed by atoms with van der Waals surface area (Å²) in [6, 6.07) is 5.67. The molecule has 1 N–H and O–H groups in total. The number of benzene rings is 1. The lowest BCUT2D eigenvalue weighted by molar-refractivity contribution is 0.0305. The van der Waals surface area contributed by atoms with E-state index in [4.69, 9.17) is 9.84 Å². The first-order valence-corrected chi connectivity index (χ1v) is 11.4. The largest absolute Gasteiger partial charge is 0.444 e. The highest BCUT2D eigenvalue weighted by Crippen LogP contribution is 2.41. The van der Waals surface area contributed by atoms with Crippen LogP contribution in [0.15, 0.2) is 30.6 Å². The summed E-state index contributed by atoms with van der Waals surface area (Å²) in [6.07, 6.45) is 2.96. The Hall–Kier alpha value is -3.46. The molecule has 3 aromatic rings. The molecular formula is C25H32N6O3. The summed E-state index contributed by atoms with van der Waals surface area (Å²) in [5.74, 6) is -0.0503. The molecule has 1 amide bonds. The lowest BCUT2D eigenvalue weighted by Crippen LogP contribution is -2.36. The van der Waals surface area contributed by atoms with Gasteiger partial charge >= 0.3 is 6.09 Å². The van der Waals surface area contributed by atoms with Gasteiger partial charge in [0.2, 0.25) is 0 Å². The molecule has 0 saturated heterocycles. The van der Waals surface area contributed by atoms with E-state index in [-0.39, 0.29) is 11.9 Å². The second kappa shape index (κ2) is 9.06. The highest BCUT2D eigenvalue weighted by molar-refractivity contribution is 6.27. The molecule has 9 nitrogen and oxygen atoms in total. The molecule has 34 heavy (non-hydrogen) atoms. The maximum absolute atomic E-state index is 13.6. The SMILES string of the molecule is CN(C)CCn1nc2c3c(c(NCCN(C)C(=O)OC(C)(C)C)ccc31)C(=O)c1ccncc1-2. The molecule has 2 aromatic heterocycles. The van der Waals surface area contributed by atoms with Crippen LogP contribution in [0.1, 0.15) is 36.7 Å². The van der Waals surface area contributed by atoms with Crippen molar-refractivity contribution in [3.63, 3.8) is 0 Å². The van der Waals surface area contributed by atoms with Crippen LogP contribution < -0.4 is 5.32 Å². The molecule has 1 aromatic carbocycles. The summed E-state index contributed by atoms with van der Waals surface area (Å²) >= 11 is 0. The van der Waals surface area contributed by atoms with E-state index in [2.05, 4.69) is 15.2 Å². The molecule has 0 aliphatic heterocycles. The zero-order valence-corrected chi connectivity index (χ0v) is 20.7. The Balaban J connectivity index is 1.65. The molecule has 1 aliphatic carbocycles. The van der Waals surface area contributed by atoms with Crippen molar-refractivity contribution in [1.82, 2.24) is 24.6 Å². The number of carbonyl (C=O) groups is 2. The third-order valence-corrected chi connectivity index (χ3v) is 5.69. The standard InChI is InChI=1S/C25H32N6O3/c1-25(2,3)34-24(33)30(6)12-11-27-18-7-8-19-21-20(18)23(32)16-9-10-26-15-17(16)22(21)28-31(19)14-13-29(4)5/h7-10,15,27H,11-14H2,1-6H3. The number of amides is 1. The van der Waals surface area contributed by atoms with Gasteiger partial charge in [0.05, 0.1) is 17.6 Å². The van der Waals surface area contributed by atoms with Gasteiger partial charge in [0.15, 0.2) is 5.78 Å². The Morgan fingerprint density at radius 2 is 1.88 bits per heavy atom. The van der Waals surface area contributed by atoms with Crippen LogP contribution >= 0.6 is 0 Å². The molecule has 9 heteroatoms. The van der Waals surface area contributed by atoms with Crippen LogP contribution in [0.4, 0.5) is 10.5 Å². The van der Waals surface area contributed by atoms with Crippen LogP contribution in [0.2, 0.25) is 0 Å². The number of rotatable bonds is 7. The maximum atomic E-state index is 13.6. The van der Waals surface area contributed by atoms with Gasteiger partial charge in [0.1, 0.15) is 11.3 Å². The molecule has 0 spiro atoms. The van der Waals surface area contributed by atoms with E-state index in [1.807, 2.05) is 51.7 Å². The number of nitrogens with zero attached hydrogens (tertiary/aromatic N) is 5. The molecule has 4 rings (SSSR count). The highest BCUT2D eigenvalue weighted by Gasteiger charge is 2.31. The second-order valence-corrected chi connectivity index (χ2v) is 9.84. The van der Waals surface area contributed by atoms with Gasteiger partial charge in [-0.25, -0.2) is 4.79 Å². The topological polar surface area (TPSA) is 92.6 Å². The monoisotopic (exact) mass is 464 g/mol. The summed E-state index contributed by atoms with van der Waals surface area (Å²) in [5.41, 5.74) is 3.85. The maximum Gasteiger partial charge on any atom is 0.410 e. The minimum Gasteiger partial charge on any atom is -0.444 e. The van der Waals surface area contributed by atoms with Gasteiger partial charge in [-0.1, -0.05) is 0 Å². The number of anilines is 1. The zero-order valence-electron chi connectivity index (χ0n) is 20.7. The smallest absolute Gasteiger partial charge is 0.410 e. The molecule has 0 radical (unpaired) electrons. The van der Waals surface area contributed by atoms with Crippen LogP contribution in [0.5, 0.6) is 0 Å². The Morgan fingerprint density at radius 3 is 2.59 bits per heavy atom. The molecule has 0 atom stereocenters. The van der Waals surface area contributed by atoms with Gasteiger partial charge in [-0.3, -0.25) is 14.5 Å². The average Bonchev–Trinajstić information content (AvgIpc) is 3.14. The first-order valence-electron chi connectivity index (χ1n) is 11.4. The number of aromatic nitrogens is 3. The van der Waals surface area contributed by atoms with Crippen molar-refractivity contribution in [3.05, 3.63) is 41.7 Å². The van der Waals surface area contributed by atoms with E-state index in [1.165, 1.54) is 4.90 Å². The molecule has 0 bridgehead atoms. The van der Waals surface area contributed by atoms with Gasteiger partial charge < -0.3 is 19.9 Å². The predicted octanol–water partition coefficient (Wildman–Crippen LogP) is 3.48. The fourth-order valence-electron chi connectivity index (χ4n) is 4.01. The number of nitrogens with one attached hydrogen (secondary N) is 1. The molecule has 0 saturated carbocycles. The normalized spacial score (nSPS) is 12.7. The van der Waals surface area contributed by atoms with Gasteiger partial charge in [-0.15, -0.1) is 0 Å². The zero-order chi connectivity index (χ0) is 24.6. The number of hydrogen-bond acceptors (Lipinski definition) is 7. The van der Waals surface area contributed by atoms with E-state index in [0.29, 0.717) is 30.8 Å². The number of hydrogen-bond donors (Lipinski definition) is 1. The Kier molecular flexibility index (Phi) is 6.31. The van der Waals surface area contributed by atoms with Gasteiger partial charge in [-0.05, 0) is 53.1 Å². The number of ketones is 1. The first kappa shape index (κ1) is 23.7. The minimum atomic E-state index is -0.550. The Labute approximate surface area is 199 Å². The Bertz CT molecular complexity index is 1240. The lowest BCUT2D eigenvalue weighted by atomic mass is 9.87. The van der Waals surface area contributed by atoms with Crippen molar-refractivity contribution in [2.75, 3.05) is 46.1 Å². The van der Waals surface area contributed by atoms with Crippen LogP contribution in [0, 0.1) is 0 Å². The molecule has 2 heterocycles. The quantitative estimate of drug-likeness (QED) is 0.448. The van der Waals surface area contributed by atoms with E-state index in [9.17, 15) is 9.59 Å². The van der Waals surface area contributed by atoms with E-state index in [1.54, 1.807) is 25.5 Å². The summed E-state index contributed by atoms with van der Waals surface area (Å²) in [7, 11) is 5.74. The number of carbonyl (C=O) groups excluding carboxylic acids is 2. The van der Waals surface area contributed by atoms with Crippen molar-refractivity contribution < 1.29 is 14.3 Å². The van der Waals surface area contributed by atoms with Crippen molar-refractivity contribution >= 4 is 28.5 Å². The summed E-state index contributed by atoms with van der Waals surface area (Å²) in [6.45, 7) is 7.95. The Morgan fingerprint density at radius 1 is 1.12 bits per heavy atom. The molecule has 180 valence electrons. The van der Waals surface area contributed by atoms with Gasteiger partial charge in [-0.2, -0.15) is 5.10 Å². The van der Waals surface area contributed by atoms with Crippen molar-refractivity contribution in [2.24, 2.45) is 0 Å². The molecule has 0 unspecified atom stereocenters. The summed E-state index contributed by atoms with van der Waals surface area (Å²) < 4.78 is 7.37. The van der Waals surface area contributed by atoms with Crippen LogP contribution in [-0.2, 0) is 11.3 Å². The molecule has 0 fully saturated rings. The fourth-order valence-corrected chi connectivity index (χ4v) is 4.01. The number of likely N-dealkylation sites (N-methyl/N-ethyl adjacent to an activating group) is 2. The second-order valence-electron chi connectivity index (χ2n) is 9.84. The van der Waals surface area contributed by atoms with E-state index < -0.39 is 5.60 Å². The van der Waals surface area contributed by atoms with E-state index >= 15 is 0 Å². The minimum absolute atomic E-state index is 0.0503. The summed E-state index contributed by atoms with van der Waals surface area (Å²) in [4.78, 5) is 33.7. The van der Waals surface area contributed by atoms with Crippen LogP contribution in [0.3, 0.4) is 0 Å². The predicted molar refractivity (Wildman–Crippen MR) is 132 cm³/mol. The third kappa shape index (κ3) is 4.61.